The summed E-state index contributed by atoms with van der Waals surface area (Å²) >= 11 is 3.53. The number of hydrogen-bond donors (Lipinski definition) is 1. The van der Waals surface area contributed by atoms with Crippen molar-refractivity contribution in [1.29, 1.82) is 0 Å². The molecule has 0 atom stereocenters. The first kappa shape index (κ1) is 12.5. The lowest BCUT2D eigenvalue weighted by Crippen LogP contribution is -2.19. The van der Waals surface area contributed by atoms with E-state index in [2.05, 4.69) is 40.9 Å². The van der Waals surface area contributed by atoms with Gasteiger partial charge in [-0.05, 0) is 47.6 Å². The maximum absolute atomic E-state index is 5.83. The van der Waals surface area contributed by atoms with E-state index in [1.54, 1.807) is 0 Å². The van der Waals surface area contributed by atoms with Crippen LogP contribution in [0.2, 0.25) is 0 Å². The van der Waals surface area contributed by atoms with E-state index in [9.17, 15) is 0 Å². The number of nitrogens with zero attached hydrogens (tertiary/aromatic N) is 1. The van der Waals surface area contributed by atoms with Crippen molar-refractivity contribution < 1.29 is 0 Å². The van der Waals surface area contributed by atoms with Gasteiger partial charge in [0, 0.05) is 16.7 Å². The molecule has 1 aromatic carbocycles. The average Bonchev–Trinajstić information content (AvgIpc) is 2.22. The number of anilines is 1. The predicted octanol–water partition coefficient (Wildman–Crippen LogP) is 3.26. The van der Waals surface area contributed by atoms with Crippen LogP contribution >= 0.6 is 15.9 Å². The zero-order valence-corrected chi connectivity index (χ0v) is 11.0. The molecule has 2 N–H and O–H groups in total. The molecule has 0 spiro atoms. The molecule has 0 heterocycles. The Balaban J connectivity index is 2.60. The van der Waals surface area contributed by atoms with Crippen molar-refractivity contribution in [3.05, 3.63) is 28.2 Å². The highest BCUT2D eigenvalue weighted by Crippen LogP contribution is 2.24. The second-order valence-corrected chi connectivity index (χ2v) is 4.70. The summed E-state index contributed by atoms with van der Waals surface area (Å²) in [6.07, 6.45) is 2.48. The smallest absolute Gasteiger partial charge is 0.0461 e. The van der Waals surface area contributed by atoms with Crippen LogP contribution in [0, 0.1) is 0 Å². The first-order valence-corrected chi connectivity index (χ1v) is 6.16. The van der Waals surface area contributed by atoms with Crippen LogP contribution in [-0.2, 0) is 6.54 Å². The third-order valence-corrected chi connectivity index (χ3v) is 3.41. The molecule has 0 saturated heterocycles. The summed E-state index contributed by atoms with van der Waals surface area (Å²) in [6.45, 7) is 4.30. The lowest BCUT2D eigenvalue weighted by Gasteiger charge is -2.17. The molecule has 0 radical (unpaired) electrons. The second-order valence-electron chi connectivity index (χ2n) is 3.91. The SMILES string of the molecule is CCCCN(C)Cc1cccc(N)c1Br. The fraction of sp³-hybridized carbons (Fsp3) is 0.500. The summed E-state index contributed by atoms with van der Waals surface area (Å²) in [7, 11) is 2.14. The number of nitrogens with two attached hydrogens (primary N) is 1. The van der Waals surface area contributed by atoms with Gasteiger partial charge in [0.1, 0.15) is 0 Å². The van der Waals surface area contributed by atoms with E-state index < -0.39 is 0 Å². The van der Waals surface area contributed by atoms with Gasteiger partial charge in [0.05, 0.1) is 0 Å². The van der Waals surface area contributed by atoms with Gasteiger partial charge in [-0.15, -0.1) is 0 Å². The Morgan fingerprint density at radius 1 is 1.40 bits per heavy atom. The van der Waals surface area contributed by atoms with Crippen LogP contribution in [0.4, 0.5) is 5.69 Å². The summed E-state index contributed by atoms with van der Waals surface area (Å²) in [4.78, 5) is 2.32. The predicted molar refractivity (Wildman–Crippen MR) is 69.8 cm³/mol. The Morgan fingerprint density at radius 3 is 2.80 bits per heavy atom. The minimum absolute atomic E-state index is 0.816. The highest BCUT2D eigenvalue weighted by Gasteiger charge is 2.05. The van der Waals surface area contributed by atoms with Gasteiger partial charge in [-0.2, -0.15) is 0 Å². The van der Waals surface area contributed by atoms with E-state index in [0.29, 0.717) is 0 Å². The number of halogens is 1. The van der Waals surface area contributed by atoms with Crippen molar-refractivity contribution >= 4 is 21.6 Å². The standard InChI is InChI=1S/C12H19BrN2/c1-3-4-8-15(2)9-10-6-5-7-11(14)12(10)13/h5-7H,3-4,8-9,14H2,1-2H3. The summed E-state index contributed by atoms with van der Waals surface area (Å²) in [5, 5.41) is 0. The maximum Gasteiger partial charge on any atom is 0.0461 e. The van der Waals surface area contributed by atoms with Gasteiger partial charge >= 0.3 is 0 Å². The van der Waals surface area contributed by atoms with Gasteiger partial charge in [-0.3, -0.25) is 0 Å². The van der Waals surface area contributed by atoms with Crippen LogP contribution < -0.4 is 5.73 Å². The molecule has 0 aliphatic rings. The van der Waals surface area contributed by atoms with E-state index in [1.807, 2.05) is 12.1 Å². The number of rotatable bonds is 5. The van der Waals surface area contributed by atoms with Crippen molar-refractivity contribution in [1.82, 2.24) is 4.90 Å². The van der Waals surface area contributed by atoms with Gasteiger partial charge in [0.2, 0.25) is 0 Å². The van der Waals surface area contributed by atoms with Crippen LogP contribution in [0.1, 0.15) is 25.3 Å². The van der Waals surface area contributed by atoms with Crippen molar-refractivity contribution in [2.45, 2.75) is 26.3 Å². The second kappa shape index (κ2) is 6.13. The lowest BCUT2D eigenvalue weighted by molar-refractivity contribution is 0.320. The molecule has 0 aliphatic heterocycles. The van der Waals surface area contributed by atoms with Gasteiger partial charge in [0.25, 0.3) is 0 Å². The van der Waals surface area contributed by atoms with Crippen molar-refractivity contribution in [2.24, 2.45) is 0 Å². The topological polar surface area (TPSA) is 29.3 Å². The fourth-order valence-electron chi connectivity index (χ4n) is 1.52. The van der Waals surface area contributed by atoms with Crippen molar-refractivity contribution in [3.63, 3.8) is 0 Å². The highest BCUT2D eigenvalue weighted by molar-refractivity contribution is 9.10. The molecule has 0 unspecified atom stereocenters. The highest BCUT2D eigenvalue weighted by atomic mass is 79.9. The number of hydrogen-bond acceptors (Lipinski definition) is 2. The van der Waals surface area contributed by atoms with Crippen molar-refractivity contribution in [2.75, 3.05) is 19.3 Å². The Kier molecular flexibility index (Phi) is 5.12. The number of unbranched alkanes of at least 4 members (excludes halogenated alkanes) is 1. The molecule has 1 rings (SSSR count). The molecule has 0 bridgehead atoms. The molecule has 3 heteroatoms. The molecule has 1 aromatic rings. The van der Waals surface area contributed by atoms with E-state index in [1.165, 1.54) is 18.4 Å². The molecule has 0 fully saturated rings. The fourth-order valence-corrected chi connectivity index (χ4v) is 1.91. The Morgan fingerprint density at radius 2 is 2.13 bits per heavy atom. The third-order valence-electron chi connectivity index (χ3n) is 2.44. The Hall–Kier alpha value is -0.540. The number of benzene rings is 1. The van der Waals surface area contributed by atoms with Gasteiger partial charge in [-0.1, -0.05) is 25.5 Å². The number of nitrogen functional groups attached to an aromatic ring is 1. The first-order chi connectivity index (χ1) is 7.15. The largest absolute Gasteiger partial charge is 0.398 e. The molecule has 15 heavy (non-hydrogen) atoms. The molecule has 2 nitrogen and oxygen atoms in total. The van der Waals surface area contributed by atoms with E-state index >= 15 is 0 Å². The molecular formula is C12H19BrN2. The molecule has 0 aromatic heterocycles. The zero-order valence-electron chi connectivity index (χ0n) is 9.46. The Bertz CT molecular complexity index is 312. The third kappa shape index (κ3) is 3.84. The lowest BCUT2D eigenvalue weighted by atomic mass is 10.2. The first-order valence-electron chi connectivity index (χ1n) is 5.36. The molecular weight excluding hydrogens is 252 g/mol. The maximum atomic E-state index is 5.83. The minimum Gasteiger partial charge on any atom is -0.398 e. The van der Waals surface area contributed by atoms with Gasteiger partial charge < -0.3 is 10.6 Å². The summed E-state index contributed by atoms with van der Waals surface area (Å²) in [5.41, 5.74) is 7.91. The molecule has 0 saturated carbocycles. The minimum atomic E-state index is 0.816. The van der Waals surface area contributed by atoms with Crippen LogP contribution in [0.25, 0.3) is 0 Å². The van der Waals surface area contributed by atoms with Crippen LogP contribution in [0.5, 0.6) is 0 Å². The zero-order chi connectivity index (χ0) is 11.3. The van der Waals surface area contributed by atoms with Crippen molar-refractivity contribution in [3.8, 4) is 0 Å². The molecule has 0 aliphatic carbocycles. The molecule has 0 amide bonds. The van der Waals surface area contributed by atoms with Gasteiger partial charge in [-0.25, -0.2) is 0 Å². The summed E-state index contributed by atoms with van der Waals surface area (Å²) < 4.78 is 1.04. The van der Waals surface area contributed by atoms with E-state index in [4.69, 9.17) is 5.73 Å². The quantitative estimate of drug-likeness (QED) is 0.833. The Labute approximate surface area is 101 Å². The van der Waals surface area contributed by atoms with Gasteiger partial charge in [0.15, 0.2) is 0 Å². The van der Waals surface area contributed by atoms with Crippen LogP contribution in [0.3, 0.4) is 0 Å². The normalized spacial score (nSPS) is 10.9. The monoisotopic (exact) mass is 270 g/mol. The van der Waals surface area contributed by atoms with E-state index in [0.717, 1.165) is 23.2 Å². The van der Waals surface area contributed by atoms with Crippen LogP contribution in [0.15, 0.2) is 22.7 Å². The summed E-state index contributed by atoms with van der Waals surface area (Å²) in [6, 6.07) is 6.03. The average molecular weight is 271 g/mol. The van der Waals surface area contributed by atoms with E-state index in [-0.39, 0.29) is 0 Å². The molecule has 84 valence electrons. The van der Waals surface area contributed by atoms with Crippen LogP contribution in [-0.4, -0.2) is 18.5 Å². The summed E-state index contributed by atoms with van der Waals surface area (Å²) in [5.74, 6) is 0.